The summed E-state index contributed by atoms with van der Waals surface area (Å²) in [6.07, 6.45) is 1.87. The zero-order valence-corrected chi connectivity index (χ0v) is 18.8. The van der Waals surface area contributed by atoms with Crippen molar-refractivity contribution in [1.82, 2.24) is 14.6 Å². The third kappa shape index (κ3) is 3.86. The quantitative estimate of drug-likeness (QED) is 0.460. The molecule has 160 valence electrons. The van der Waals surface area contributed by atoms with Crippen LogP contribution < -0.4 is 24.3 Å². The molecule has 0 spiro atoms. The van der Waals surface area contributed by atoms with E-state index in [1.54, 1.807) is 33.5 Å². The van der Waals surface area contributed by atoms with Crippen LogP contribution >= 0.6 is 11.3 Å². The lowest BCUT2D eigenvalue weighted by molar-refractivity contribution is 0.324. The fourth-order valence-corrected chi connectivity index (χ4v) is 4.20. The zero-order valence-electron chi connectivity index (χ0n) is 18.0. The molecule has 2 heterocycles. The first kappa shape index (κ1) is 20.9. The first-order valence-corrected chi connectivity index (χ1v) is 10.6. The number of thiazole rings is 1. The summed E-state index contributed by atoms with van der Waals surface area (Å²) >= 11 is 1.31. The Labute approximate surface area is 183 Å². The minimum Gasteiger partial charge on any atom is -0.493 e. The summed E-state index contributed by atoms with van der Waals surface area (Å²) in [7, 11) is 4.64. The van der Waals surface area contributed by atoms with E-state index in [1.165, 1.54) is 21.4 Å². The van der Waals surface area contributed by atoms with Crippen LogP contribution in [0, 0.1) is 0 Å². The maximum atomic E-state index is 12.9. The molecule has 0 aliphatic rings. The molecule has 0 aliphatic heterocycles. The van der Waals surface area contributed by atoms with Crippen molar-refractivity contribution < 1.29 is 14.2 Å². The second kappa shape index (κ2) is 8.39. The molecule has 4 aromatic rings. The number of methoxy groups -OCH3 is 3. The Morgan fingerprint density at radius 3 is 2.16 bits per heavy atom. The number of ether oxygens (including phenoxy) is 3. The second-order valence-corrected chi connectivity index (χ2v) is 8.29. The molecule has 0 saturated heterocycles. The van der Waals surface area contributed by atoms with Crippen LogP contribution in [0.3, 0.4) is 0 Å². The molecular formula is C23H23N3O4S. The highest BCUT2D eigenvalue weighted by Crippen LogP contribution is 2.40. The van der Waals surface area contributed by atoms with E-state index < -0.39 is 0 Å². The van der Waals surface area contributed by atoms with Gasteiger partial charge in [-0.25, -0.2) is 0 Å². The van der Waals surface area contributed by atoms with Gasteiger partial charge in [0, 0.05) is 5.56 Å². The molecule has 0 N–H and O–H groups in total. The molecular weight excluding hydrogens is 414 g/mol. The van der Waals surface area contributed by atoms with Gasteiger partial charge in [-0.3, -0.25) is 4.79 Å². The molecule has 8 heteroatoms. The van der Waals surface area contributed by atoms with Gasteiger partial charge in [0.2, 0.25) is 10.7 Å². The van der Waals surface area contributed by atoms with Gasteiger partial charge < -0.3 is 14.2 Å². The molecule has 0 radical (unpaired) electrons. The summed E-state index contributed by atoms with van der Waals surface area (Å²) in [5, 5.41) is 4.42. The fraction of sp³-hybridized carbons (Fsp3) is 0.261. The van der Waals surface area contributed by atoms with Crippen LogP contribution in [-0.4, -0.2) is 35.9 Å². The molecule has 2 aromatic heterocycles. The van der Waals surface area contributed by atoms with Gasteiger partial charge in [0.25, 0.3) is 5.56 Å². The Morgan fingerprint density at radius 1 is 1.00 bits per heavy atom. The van der Waals surface area contributed by atoms with E-state index in [0.29, 0.717) is 44.0 Å². The number of aromatic nitrogens is 3. The van der Waals surface area contributed by atoms with E-state index in [0.717, 1.165) is 5.56 Å². The topological polar surface area (TPSA) is 75.0 Å². The van der Waals surface area contributed by atoms with Crippen molar-refractivity contribution in [2.24, 2.45) is 0 Å². The standard InChI is InChI=1S/C23H23N3O4S/c1-13(2)15-8-6-14(7-9-15)10-19-22(27)26-23(31-19)24-21(25-26)16-11-17(28-3)20(30-5)18(12-16)29-4/h6-13H,1-5H3/b19-10+. The third-order valence-electron chi connectivity index (χ3n) is 5.01. The van der Waals surface area contributed by atoms with Gasteiger partial charge in [-0.05, 0) is 35.3 Å². The van der Waals surface area contributed by atoms with Crippen molar-refractivity contribution in [2.45, 2.75) is 19.8 Å². The Bertz CT molecular complexity index is 1310. The first-order valence-electron chi connectivity index (χ1n) is 9.76. The Balaban J connectivity index is 1.75. The van der Waals surface area contributed by atoms with Gasteiger partial charge in [0.1, 0.15) is 0 Å². The van der Waals surface area contributed by atoms with Crippen LogP contribution in [0.1, 0.15) is 30.9 Å². The zero-order chi connectivity index (χ0) is 22.1. The Kier molecular flexibility index (Phi) is 5.65. The SMILES string of the molecule is COc1cc(-c2nc3s/c(=C/c4ccc(C(C)C)cc4)c(=O)n3n2)cc(OC)c1OC. The molecule has 7 nitrogen and oxygen atoms in total. The number of hydrogen-bond donors (Lipinski definition) is 0. The van der Waals surface area contributed by atoms with Crippen LogP contribution in [0.25, 0.3) is 22.4 Å². The normalized spacial score (nSPS) is 12.0. The maximum Gasteiger partial charge on any atom is 0.291 e. The van der Waals surface area contributed by atoms with Gasteiger partial charge in [0.15, 0.2) is 17.3 Å². The molecule has 0 fully saturated rings. The molecule has 0 unspecified atom stereocenters. The molecule has 4 rings (SSSR count). The largest absolute Gasteiger partial charge is 0.493 e. The lowest BCUT2D eigenvalue weighted by Gasteiger charge is -2.12. The number of hydrogen-bond acceptors (Lipinski definition) is 7. The number of fused-ring (bicyclic) bond motifs is 1. The summed E-state index contributed by atoms with van der Waals surface area (Å²) in [4.78, 5) is 17.9. The van der Waals surface area contributed by atoms with E-state index in [1.807, 2.05) is 18.2 Å². The monoisotopic (exact) mass is 437 g/mol. The smallest absolute Gasteiger partial charge is 0.291 e. The highest BCUT2D eigenvalue weighted by Gasteiger charge is 2.18. The molecule has 0 saturated carbocycles. The average Bonchev–Trinajstić information content (AvgIpc) is 3.32. The van der Waals surface area contributed by atoms with Gasteiger partial charge in [0.05, 0.1) is 25.9 Å². The van der Waals surface area contributed by atoms with Gasteiger partial charge >= 0.3 is 0 Å². The van der Waals surface area contributed by atoms with Crippen molar-refractivity contribution >= 4 is 22.4 Å². The first-order chi connectivity index (χ1) is 14.9. The van der Waals surface area contributed by atoms with Crippen LogP contribution in [-0.2, 0) is 0 Å². The average molecular weight is 438 g/mol. The van der Waals surface area contributed by atoms with Crippen molar-refractivity contribution in [3.05, 3.63) is 62.4 Å². The van der Waals surface area contributed by atoms with Gasteiger partial charge in [-0.2, -0.15) is 9.50 Å². The number of nitrogens with zero attached hydrogens (tertiary/aromatic N) is 3. The molecule has 0 aliphatic carbocycles. The lowest BCUT2D eigenvalue weighted by atomic mass is 10.0. The number of benzene rings is 2. The Morgan fingerprint density at radius 2 is 1.65 bits per heavy atom. The van der Waals surface area contributed by atoms with Crippen molar-refractivity contribution in [3.63, 3.8) is 0 Å². The van der Waals surface area contributed by atoms with Crippen LogP contribution in [0.5, 0.6) is 17.2 Å². The highest BCUT2D eigenvalue weighted by molar-refractivity contribution is 7.15. The molecule has 2 aromatic carbocycles. The van der Waals surface area contributed by atoms with Crippen molar-refractivity contribution in [3.8, 4) is 28.6 Å². The summed E-state index contributed by atoms with van der Waals surface area (Å²) < 4.78 is 18.1. The summed E-state index contributed by atoms with van der Waals surface area (Å²) in [6.45, 7) is 4.31. The van der Waals surface area contributed by atoms with E-state index in [2.05, 4.69) is 36.1 Å². The van der Waals surface area contributed by atoms with Crippen molar-refractivity contribution in [1.29, 1.82) is 0 Å². The second-order valence-electron chi connectivity index (χ2n) is 7.28. The van der Waals surface area contributed by atoms with Crippen molar-refractivity contribution in [2.75, 3.05) is 21.3 Å². The molecule has 31 heavy (non-hydrogen) atoms. The summed E-state index contributed by atoms with van der Waals surface area (Å²) in [5.74, 6) is 2.36. The van der Waals surface area contributed by atoms with Gasteiger partial charge in [-0.1, -0.05) is 49.4 Å². The van der Waals surface area contributed by atoms with E-state index in [9.17, 15) is 4.79 Å². The number of rotatable bonds is 6. The van der Waals surface area contributed by atoms with Gasteiger partial charge in [-0.15, -0.1) is 5.10 Å². The van der Waals surface area contributed by atoms with Crippen LogP contribution in [0.15, 0.2) is 41.2 Å². The summed E-state index contributed by atoms with van der Waals surface area (Å²) in [5.41, 5.74) is 2.70. The predicted octanol–water partition coefficient (Wildman–Crippen LogP) is 3.51. The van der Waals surface area contributed by atoms with E-state index >= 15 is 0 Å². The van der Waals surface area contributed by atoms with E-state index in [-0.39, 0.29) is 5.56 Å². The minimum atomic E-state index is -0.195. The minimum absolute atomic E-state index is 0.195. The molecule has 0 atom stereocenters. The summed E-state index contributed by atoms with van der Waals surface area (Å²) in [6, 6.07) is 11.7. The Hall–Kier alpha value is -3.39. The van der Waals surface area contributed by atoms with Crippen LogP contribution in [0.4, 0.5) is 0 Å². The van der Waals surface area contributed by atoms with E-state index in [4.69, 9.17) is 14.2 Å². The third-order valence-corrected chi connectivity index (χ3v) is 5.96. The van der Waals surface area contributed by atoms with Crippen LogP contribution in [0.2, 0.25) is 0 Å². The lowest BCUT2D eigenvalue weighted by Crippen LogP contribution is -2.23. The predicted molar refractivity (Wildman–Crippen MR) is 122 cm³/mol. The maximum absolute atomic E-state index is 12.9. The molecule has 0 bridgehead atoms. The fourth-order valence-electron chi connectivity index (χ4n) is 3.29. The highest BCUT2D eigenvalue weighted by atomic mass is 32.1. The molecule has 0 amide bonds.